The largest absolute Gasteiger partial charge is 0.482 e. The van der Waals surface area contributed by atoms with Crippen LogP contribution >= 0.6 is 0 Å². The molecular formula is C66H66N4O9. The quantitative estimate of drug-likeness (QED) is 0.0415. The maximum atomic E-state index is 12.3. The second kappa shape index (κ2) is 25.3. The lowest BCUT2D eigenvalue weighted by Crippen LogP contribution is -2.48. The minimum Gasteiger partial charge on any atom is -0.482 e. The Kier molecular flexibility index (Phi) is 17.7. The van der Waals surface area contributed by atoms with Gasteiger partial charge in [0.2, 0.25) is 0 Å². The van der Waals surface area contributed by atoms with Gasteiger partial charge in [0.15, 0.2) is 11.5 Å². The van der Waals surface area contributed by atoms with Crippen LogP contribution in [0.2, 0.25) is 0 Å². The van der Waals surface area contributed by atoms with Crippen molar-refractivity contribution in [1.82, 2.24) is 9.80 Å². The summed E-state index contributed by atoms with van der Waals surface area (Å²) in [6.45, 7) is 8.32. The van der Waals surface area contributed by atoms with E-state index in [1.165, 1.54) is 41.3 Å². The molecule has 8 aromatic rings. The molecule has 0 unspecified atom stereocenters. The molecule has 0 saturated carbocycles. The first kappa shape index (κ1) is 55.3. The highest BCUT2D eigenvalue weighted by Crippen LogP contribution is 2.40. The zero-order valence-corrected chi connectivity index (χ0v) is 44.9. The summed E-state index contributed by atoms with van der Waals surface area (Å²) in [5.74, 6) is -0.0840. The van der Waals surface area contributed by atoms with Gasteiger partial charge in [0.25, 0.3) is 0 Å². The van der Waals surface area contributed by atoms with Crippen molar-refractivity contribution in [1.29, 1.82) is 0 Å². The monoisotopic (exact) mass is 1060 g/mol. The number of nitro groups is 2. The highest BCUT2D eigenvalue weighted by molar-refractivity contribution is 5.66. The number of hydrogen-bond donors (Lipinski definition) is 1. The zero-order chi connectivity index (χ0) is 55.4. The van der Waals surface area contributed by atoms with E-state index in [4.69, 9.17) is 14.2 Å². The molecule has 0 saturated heterocycles. The fourth-order valence-corrected chi connectivity index (χ4v) is 11.0. The Morgan fingerprint density at radius 3 is 1.23 bits per heavy atom. The molecule has 2 atom stereocenters. The number of ether oxygens (including phenoxy) is 3. The Balaban J connectivity index is 0.000000192. The molecule has 2 aliphatic carbocycles. The number of carbonyl (C=O) groups excluding carboxylic acids is 1. The number of benzene rings is 8. The summed E-state index contributed by atoms with van der Waals surface area (Å²) in [4.78, 5) is 40.0. The number of fused-ring (bicyclic) bond motifs is 2. The van der Waals surface area contributed by atoms with Gasteiger partial charge in [-0.05, 0) is 102 Å². The van der Waals surface area contributed by atoms with E-state index in [1.807, 2.05) is 97.1 Å². The minimum absolute atomic E-state index is 0.147. The summed E-state index contributed by atoms with van der Waals surface area (Å²) in [7, 11) is 0. The third-order valence-electron chi connectivity index (χ3n) is 15.2. The molecule has 0 aromatic heterocycles. The molecule has 0 aliphatic heterocycles. The number of aliphatic hydroxyl groups is 1. The van der Waals surface area contributed by atoms with E-state index in [0.29, 0.717) is 37.3 Å². The molecule has 0 radical (unpaired) electrons. The average Bonchev–Trinajstić information content (AvgIpc) is 4.27. The molecule has 2 aliphatic rings. The standard InChI is InChI=1S/C34H34N2O5.C32H32N2O4/c1-25(37)41-33(28-17-18-32(31(19-28)36(38)39)40-24-27-13-7-4-8-14-27)23-35(22-26-11-5-3-6-12-26)34(2)20-29-15-9-10-16-30(29)21-34;1-32(19-27-14-8-9-15-28(27)20-32)33(21-24-10-4-2-5-11-24)22-30(35)26-16-17-31(29(18-26)34(36)37)38-23-25-12-6-3-7-13-25/h3-19,33H,20-24H2,1-2H3;2-18,30,35H,19-23H2,1H3/t33-;30-/m00/s1. The predicted octanol–water partition coefficient (Wildman–Crippen LogP) is 13.1. The summed E-state index contributed by atoms with van der Waals surface area (Å²) >= 11 is 0. The number of rotatable bonds is 21. The van der Waals surface area contributed by atoms with E-state index < -0.39 is 28.0 Å². The second-order valence-electron chi connectivity index (χ2n) is 21.1. The van der Waals surface area contributed by atoms with Crippen LogP contribution in [0.25, 0.3) is 0 Å². The summed E-state index contributed by atoms with van der Waals surface area (Å²) < 4.78 is 17.5. The van der Waals surface area contributed by atoms with Gasteiger partial charge in [-0.2, -0.15) is 0 Å². The SMILES string of the molecule is CC(=O)O[C@@H](CN(Cc1ccccc1)C1(C)Cc2ccccc2C1)c1ccc(OCc2ccccc2)c([N+](=O)[O-])c1.CC1(N(Cc2ccccc2)C[C@H](O)c2ccc(OCc3ccccc3)c([N+](=O)[O-])c2)Cc2ccccc2C1. The van der Waals surface area contributed by atoms with Crippen LogP contribution in [-0.2, 0) is 61.5 Å². The number of nitro benzene ring substituents is 2. The number of aliphatic hydroxyl groups excluding tert-OH is 1. The molecule has 0 amide bonds. The minimum atomic E-state index is -0.902. The van der Waals surface area contributed by atoms with Crippen LogP contribution < -0.4 is 9.47 Å². The number of β-amino-alcohol motifs (C(OH)–C–C–N with tert-alkyl or cyclic N) is 1. The van der Waals surface area contributed by atoms with Crippen molar-refractivity contribution in [3.8, 4) is 11.5 Å². The molecule has 0 spiro atoms. The second-order valence-corrected chi connectivity index (χ2v) is 21.1. The van der Waals surface area contributed by atoms with Crippen LogP contribution in [0.1, 0.15) is 88.6 Å². The van der Waals surface area contributed by atoms with Gasteiger partial charge in [0.1, 0.15) is 19.3 Å². The third-order valence-corrected chi connectivity index (χ3v) is 15.2. The molecule has 0 heterocycles. The van der Waals surface area contributed by atoms with E-state index in [-0.39, 0.29) is 47.2 Å². The van der Waals surface area contributed by atoms with Gasteiger partial charge >= 0.3 is 17.3 Å². The Bertz CT molecular complexity index is 3290. The van der Waals surface area contributed by atoms with E-state index in [9.17, 15) is 30.1 Å². The third kappa shape index (κ3) is 14.2. The van der Waals surface area contributed by atoms with Crippen molar-refractivity contribution >= 4 is 17.3 Å². The van der Waals surface area contributed by atoms with Gasteiger partial charge in [-0.3, -0.25) is 34.8 Å². The van der Waals surface area contributed by atoms with Gasteiger partial charge in [0, 0.05) is 61.9 Å². The molecule has 8 aromatic carbocycles. The Hall–Kier alpha value is -8.49. The Morgan fingerprint density at radius 2 is 0.848 bits per heavy atom. The van der Waals surface area contributed by atoms with Gasteiger partial charge < -0.3 is 19.3 Å². The molecule has 13 heteroatoms. The number of nitrogens with zero attached hydrogens (tertiary/aromatic N) is 4. The van der Waals surface area contributed by atoms with Crippen LogP contribution in [0.5, 0.6) is 11.5 Å². The first-order chi connectivity index (χ1) is 38.2. The highest BCUT2D eigenvalue weighted by atomic mass is 16.6. The molecule has 13 nitrogen and oxygen atoms in total. The van der Waals surface area contributed by atoms with Crippen molar-refractivity contribution in [3.05, 3.63) is 282 Å². The molecule has 10 rings (SSSR count). The van der Waals surface area contributed by atoms with Gasteiger partial charge in [-0.25, -0.2) is 0 Å². The number of esters is 1. The first-order valence-electron chi connectivity index (χ1n) is 26.7. The highest BCUT2D eigenvalue weighted by Gasteiger charge is 2.41. The van der Waals surface area contributed by atoms with Crippen LogP contribution in [0.3, 0.4) is 0 Å². The Morgan fingerprint density at radius 1 is 0.506 bits per heavy atom. The summed E-state index contributed by atoms with van der Waals surface area (Å²) in [5, 5.41) is 35.3. The molecule has 79 heavy (non-hydrogen) atoms. The van der Waals surface area contributed by atoms with Gasteiger partial charge in [-0.1, -0.05) is 182 Å². The zero-order valence-electron chi connectivity index (χ0n) is 44.9. The number of carbonyl (C=O) groups is 1. The lowest BCUT2D eigenvalue weighted by Gasteiger charge is -2.40. The van der Waals surface area contributed by atoms with Crippen LogP contribution in [-0.4, -0.2) is 54.9 Å². The fourth-order valence-electron chi connectivity index (χ4n) is 11.0. The number of hydrogen-bond acceptors (Lipinski definition) is 11. The topological polar surface area (TPSA) is 158 Å². The van der Waals surface area contributed by atoms with E-state index in [0.717, 1.165) is 47.9 Å². The lowest BCUT2D eigenvalue weighted by atomic mass is 9.93. The maximum Gasteiger partial charge on any atom is 0.311 e. The summed E-state index contributed by atoms with van der Waals surface area (Å²) in [6.07, 6.45) is 1.87. The predicted molar refractivity (Wildman–Crippen MR) is 305 cm³/mol. The van der Waals surface area contributed by atoms with Crippen molar-refractivity contribution in [2.45, 2.75) is 96.0 Å². The average molecular weight is 1060 g/mol. The molecule has 0 fully saturated rings. The van der Waals surface area contributed by atoms with Crippen LogP contribution in [0.15, 0.2) is 206 Å². The summed E-state index contributed by atoms with van der Waals surface area (Å²) in [5.41, 5.74) is 9.74. The lowest BCUT2D eigenvalue weighted by molar-refractivity contribution is -0.386. The van der Waals surface area contributed by atoms with Crippen molar-refractivity contribution in [3.63, 3.8) is 0 Å². The van der Waals surface area contributed by atoms with E-state index >= 15 is 0 Å². The maximum absolute atomic E-state index is 12.3. The smallest absolute Gasteiger partial charge is 0.311 e. The van der Waals surface area contributed by atoms with Crippen molar-refractivity contribution in [2.24, 2.45) is 0 Å². The van der Waals surface area contributed by atoms with E-state index in [1.54, 1.807) is 24.3 Å². The first-order valence-corrected chi connectivity index (χ1v) is 26.7. The van der Waals surface area contributed by atoms with Gasteiger partial charge in [-0.15, -0.1) is 0 Å². The van der Waals surface area contributed by atoms with Gasteiger partial charge in [0.05, 0.1) is 16.0 Å². The van der Waals surface area contributed by atoms with Crippen molar-refractivity contribution < 1.29 is 34.0 Å². The summed E-state index contributed by atoms with van der Waals surface area (Å²) in [6, 6.07) is 66.0. The molecule has 0 bridgehead atoms. The van der Waals surface area contributed by atoms with Crippen molar-refractivity contribution in [2.75, 3.05) is 13.1 Å². The van der Waals surface area contributed by atoms with Crippen LogP contribution in [0, 0.1) is 20.2 Å². The molecule has 1 N–H and O–H groups in total. The normalized spacial score (nSPS) is 14.5. The molecular weight excluding hydrogens is 993 g/mol. The Labute approximate surface area is 462 Å². The molecule has 404 valence electrons. The fraction of sp³-hybridized carbons (Fsp3) is 0.258. The van der Waals surface area contributed by atoms with Crippen LogP contribution in [0.4, 0.5) is 11.4 Å². The van der Waals surface area contributed by atoms with E-state index in [2.05, 4.69) is 96.4 Å².